The number of allylic oxidation sites excluding steroid dienone is 3. The molecule has 2 aliphatic carbocycles. The minimum Gasteiger partial charge on any atom is -0.332 e. The van der Waals surface area contributed by atoms with E-state index in [2.05, 4.69) is 38.7 Å². The van der Waals surface area contributed by atoms with E-state index in [9.17, 15) is 4.39 Å². The molecule has 2 aromatic rings. The molecule has 1 heterocycles. The second kappa shape index (κ2) is 6.34. The van der Waals surface area contributed by atoms with E-state index in [0.29, 0.717) is 11.8 Å². The predicted octanol–water partition coefficient (Wildman–Crippen LogP) is 6.59. The maximum absolute atomic E-state index is 13.1. The standard InChI is InChI=1S/C22H25FN2S/c1-13(2)15-5-10-18-20-19(11-14(3)22(18,4)12-15)25-21(26-20)24-17-8-6-16(23)7-9-17/h6-10,14-15H,1,5,11-12H2,2-4H3,(H,24,25). The van der Waals surface area contributed by atoms with E-state index in [0.717, 1.165) is 23.7 Å². The van der Waals surface area contributed by atoms with Crippen molar-refractivity contribution in [2.45, 2.75) is 40.0 Å². The van der Waals surface area contributed by atoms with Gasteiger partial charge in [-0.05, 0) is 73.3 Å². The van der Waals surface area contributed by atoms with Crippen molar-refractivity contribution in [3.63, 3.8) is 0 Å². The van der Waals surface area contributed by atoms with Crippen LogP contribution >= 0.6 is 11.3 Å². The first-order chi connectivity index (χ1) is 12.4. The summed E-state index contributed by atoms with van der Waals surface area (Å²) in [6.07, 6.45) is 5.68. The van der Waals surface area contributed by atoms with Gasteiger partial charge >= 0.3 is 0 Å². The van der Waals surface area contributed by atoms with Gasteiger partial charge in [0.15, 0.2) is 5.13 Å². The molecule has 3 atom stereocenters. The number of halogens is 1. The number of nitrogens with one attached hydrogen (secondary N) is 1. The molecule has 1 aromatic heterocycles. The van der Waals surface area contributed by atoms with Crippen LogP contribution < -0.4 is 5.32 Å². The summed E-state index contributed by atoms with van der Waals surface area (Å²) < 4.78 is 13.1. The summed E-state index contributed by atoms with van der Waals surface area (Å²) in [7, 11) is 0. The summed E-state index contributed by atoms with van der Waals surface area (Å²) >= 11 is 1.72. The highest BCUT2D eigenvalue weighted by molar-refractivity contribution is 7.16. The smallest absolute Gasteiger partial charge is 0.187 e. The first kappa shape index (κ1) is 17.5. The Morgan fingerprint density at radius 3 is 2.77 bits per heavy atom. The number of thiazole rings is 1. The molecular weight excluding hydrogens is 343 g/mol. The van der Waals surface area contributed by atoms with Crippen molar-refractivity contribution in [2.75, 3.05) is 5.32 Å². The van der Waals surface area contributed by atoms with E-state index in [1.54, 1.807) is 23.5 Å². The van der Waals surface area contributed by atoms with E-state index in [4.69, 9.17) is 4.98 Å². The molecule has 1 N–H and O–H groups in total. The van der Waals surface area contributed by atoms with Crippen LogP contribution in [-0.2, 0) is 6.42 Å². The summed E-state index contributed by atoms with van der Waals surface area (Å²) in [5.41, 5.74) is 5.02. The number of fused-ring (bicyclic) bond motifs is 3. The van der Waals surface area contributed by atoms with Gasteiger partial charge in [-0.2, -0.15) is 0 Å². The van der Waals surface area contributed by atoms with Gasteiger partial charge in [-0.25, -0.2) is 9.37 Å². The summed E-state index contributed by atoms with van der Waals surface area (Å²) in [6.45, 7) is 11.1. The first-order valence-electron chi connectivity index (χ1n) is 9.25. The third-order valence-corrected chi connectivity index (χ3v) is 7.26. The van der Waals surface area contributed by atoms with Crippen molar-refractivity contribution in [1.29, 1.82) is 0 Å². The van der Waals surface area contributed by atoms with Gasteiger partial charge in [0.25, 0.3) is 0 Å². The fraction of sp³-hybridized carbons (Fsp3) is 0.409. The SMILES string of the molecule is C=C(C)C1CC=C2c3sc(Nc4ccc(F)cc4)nc3CC(C)C2(C)C1. The van der Waals surface area contributed by atoms with E-state index < -0.39 is 0 Å². The number of aromatic nitrogens is 1. The van der Waals surface area contributed by atoms with E-state index in [1.807, 2.05) is 0 Å². The van der Waals surface area contributed by atoms with Crippen LogP contribution in [0.15, 0.2) is 42.5 Å². The van der Waals surface area contributed by atoms with Gasteiger partial charge in [0, 0.05) is 5.69 Å². The van der Waals surface area contributed by atoms with Crippen LogP contribution in [0.1, 0.15) is 44.2 Å². The fourth-order valence-corrected chi connectivity index (χ4v) is 5.51. The highest BCUT2D eigenvalue weighted by atomic mass is 32.1. The normalized spacial score (nSPS) is 27.3. The lowest BCUT2D eigenvalue weighted by Crippen LogP contribution is -2.36. The molecule has 0 spiro atoms. The van der Waals surface area contributed by atoms with E-state index >= 15 is 0 Å². The van der Waals surface area contributed by atoms with Crippen molar-refractivity contribution in [3.05, 3.63) is 58.9 Å². The van der Waals surface area contributed by atoms with Gasteiger partial charge in [0.1, 0.15) is 5.82 Å². The van der Waals surface area contributed by atoms with E-state index in [1.165, 1.54) is 40.3 Å². The predicted molar refractivity (Wildman–Crippen MR) is 108 cm³/mol. The van der Waals surface area contributed by atoms with Crippen LogP contribution in [0.5, 0.6) is 0 Å². The Bertz CT molecular complexity index is 880. The average molecular weight is 369 g/mol. The van der Waals surface area contributed by atoms with E-state index in [-0.39, 0.29) is 11.2 Å². The summed E-state index contributed by atoms with van der Waals surface area (Å²) in [5, 5.41) is 4.23. The molecule has 0 fully saturated rings. The van der Waals surface area contributed by atoms with Crippen molar-refractivity contribution < 1.29 is 4.39 Å². The highest BCUT2D eigenvalue weighted by Gasteiger charge is 2.45. The molecule has 0 bridgehead atoms. The molecule has 1 aromatic carbocycles. The summed E-state index contributed by atoms with van der Waals surface area (Å²) in [6, 6.07) is 6.44. The lowest BCUT2D eigenvalue weighted by atomic mass is 9.59. The van der Waals surface area contributed by atoms with Crippen LogP contribution in [0, 0.1) is 23.1 Å². The minimum atomic E-state index is -0.224. The largest absolute Gasteiger partial charge is 0.332 e. The Morgan fingerprint density at radius 1 is 1.35 bits per heavy atom. The van der Waals surface area contributed by atoms with Crippen LogP contribution in [0.2, 0.25) is 0 Å². The Kier molecular flexibility index (Phi) is 4.26. The highest BCUT2D eigenvalue weighted by Crippen LogP contribution is 2.57. The number of benzene rings is 1. The first-order valence-corrected chi connectivity index (χ1v) is 10.1. The minimum absolute atomic E-state index is 0.189. The molecule has 2 aliphatic rings. The molecule has 0 saturated heterocycles. The molecule has 136 valence electrons. The molecule has 0 saturated carbocycles. The third-order valence-electron chi connectivity index (χ3n) is 6.21. The zero-order valence-corrected chi connectivity index (χ0v) is 16.4. The second-order valence-electron chi connectivity index (χ2n) is 8.05. The quantitative estimate of drug-likeness (QED) is 0.618. The molecule has 2 nitrogen and oxygen atoms in total. The zero-order chi connectivity index (χ0) is 18.5. The topological polar surface area (TPSA) is 24.9 Å². The van der Waals surface area contributed by atoms with Crippen molar-refractivity contribution >= 4 is 27.7 Å². The Morgan fingerprint density at radius 2 is 2.08 bits per heavy atom. The summed E-state index contributed by atoms with van der Waals surface area (Å²) in [5.74, 6) is 0.916. The molecular formula is C22H25FN2S. The second-order valence-corrected chi connectivity index (χ2v) is 9.05. The van der Waals surface area contributed by atoms with Crippen LogP contribution in [0.4, 0.5) is 15.2 Å². The molecule has 3 unspecified atom stereocenters. The van der Waals surface area contributed by atoms with Gasteiger partial charge in [-0.3, -0.25) is 0 Å². The number of rotatable bonds is 3. The molecule has 0 aliphatic heterocycles. The van der Waals surface area contributed by atoms with Crippen molar-refractivity contribution in [2.24, 2.45) is 17.3 Å². The molecule has 26 heavy (non-hydrogen) atoms. The lowest BCUT2D eigenvalue weighted by Gasteiger charge is -2.46. The number of hydrogen-bond donors (Lipinski definition) is 1. The maximum Gasteiger partial charge on any atom is 0.187 e. The van der Waals surface area contributed by atoms with Crippen LogP contribution in [-0.4, -0.2) is 4.98 Å². The Balaban J connectivity index is 1.67. The average Bonchev–Trinajstić information content (AvgIpc) is 2.99. The monoisotopic (exact) mass is 368 g/mol. The van der Waals surface area contributed by atoms with Gasteiger partial charge in [0.05, 0.1) is 10.6 Å². The van der Waals surface area contributed by atoms with Gasteiger partial charge < -0.3 is 5.32 Å². The summed E-state index contributed by atoms with van der Waals surface area (Å²) in [4.78, 5) is 6.18. The maximum atomic E-state index is 13.1. The molecule has 4 rings (SSSR count). The van der Waals surface area contributed by atoms with Gasteiger partial charge in [-0.15, -0.1) is 0 Å². The lowest BCUT2D eigenvalue weighted by molar-refractivity contribution is 0.217. The van der Waals surface area contributed by atoms with Crippen LogP contribution in [0.25, 0.3) is 5.57 Å². The van der Waals surface area contributed by atoms with Gasteiger partial charge in [-0.1, -0.05) is 43.4 Å². The molecule has 0 radical (unpaired) electrons. The van der Waals surface area contributed by atoms with Crippen molar-refractivity contribution in [1.82, 2.24) is 4.98 Å². The Labute approximate surface area is 158 Å². The van der Waals surface area contributed by atoms with Crippen LogP contribution in [0.3, 0.4) is 0 Å². The molecule has 4 heteroatoms. The number of nitrogens with zero attached hydrogens (tertiary/aromatic N) is 1. The number of anilines is 2. The number of hydrogen-bond acceptors (Lipinski definition) is 3. The van der Waals surface area contributed by atoms with Crippen molar-refractivity contribution in [3.8, 4) is 0 Å². The Hall–Kier alpha value is -1.94. The third kappa shape index (κ3) is 2.90. The fourth-order valence-electron chi connectivity index (χ4n) is 4.32. The molecule has 0 amide bonds. The zero-order valence-electron chi connectivity index (χ0n) is 15.6. The van der Waals surface area contributed by atoms with Gasteiger partial charge in [0.2, 0.25) is 0 Å².